The van der Waals surface area contributed by atoms with Crippen LogP contribution in [0.4, 0.5) is 5.82 Å². The van der Waals surface area contributed by atoms with E-state index in [9.17, 15) is 0 Å². The summed E-state index contributed by atoms with van der Waals surface area (Å²) in [7, 11) is 2.26. The second-order valence-electron chi connectivity index (χ2n) is 11.7. The molecule has 1 aliphatic carbocycles. The lowest BCUT2D eigenvalue weighted by atomic mass is 9.77. The van der Waals surface area contributed by atoms with Gasteiger partial charge in [0.15, 0.2) is 0 Å². The van der Waals surface area contributed by atoms with Crippen molar-refractivity contribution in [3.05, 3.63) is 51.9 Å². The van der Waals surface area contributed by atoms with E-state index in [2.05, 4.69) is 51.0 Å². The number of pyridine rings is 2. The molecule has 0 bridgehead atoms. The number of halogens is 2. The van der Waals surface area contributed by atoms with E-state index in [1.165, 1.54) is 37.9 Å². The van der Waals surface area contributed by atoms with Gasteiger partial charge in [0.1, 0.15) is 5.82 Å². The van der Waals surface area contributed by atoms with Crippen molar-refractivity contribution in [2.45, 2.75) is 69.7 Å². The van der Waals surface area contributed by atoms with Crippen LogP contribution < -0.4 is 15.8 Å². The highest BCUT2D eigenvalue weighted by Crippen LogP contribution is 2.43. The lowest BCUT2D eigenvalue weighted by Gasteiger charge is -2.40. The first-order chi connectivity index (χ1) is 17.9. The van der Waals surface area contributed by atoms with Crippen molar-refractivity contribution in [1.29, 1.82) is 0 Å². The van der Waals surface area contributed by atoms with Crippen LogP contribution in [0.5, 0.6) is 0 Å². The molecule has 4 fully saturated rings. The van der Waals surface area contributed by atoms with Gasteiger partial charge in [-0.15, -0.1) is 0 Å². The van der Waals surface area contributed by atoms with Crippen LogP contribution >= 0.6 is 23.2 Å². The summed E-state index contributed by atoms with van der Waals surface area (Å²) in [5, 5.41) is 1.11. The summed E-state index contributed by atoms with van der Waals surface area (Å²) >= 11 is 12.8. The average molecular weight is 546 g/mol. The summed E-state index contributed by atoms with van der Waals surface area (Å²) in [5.74, 6) is 1.55. The first-order valence-corrected chi connectivity index (χ1v) is 14.5. The second-order valence-corrected chi connectivity index (χ2v) is 12.5. The molecule has 37 heavy (non-hydrogen) atoms. The molecule has 9 heteroatoms. The number of fused-ring (bicyclic) bond motifs is 1. The number of hydrogen-bond donors (Lipinski definition) is 2. The SMILES string of the molecule is C[C@@H](OC1CCC2NNC(c3ccc(N4CCC5(CCN(C)C5)CC4)nc3)C2C1)c1c(Cl)cncc1Cl. The van der Waals surface area contributed by atoms with Crippen LogP contribution in [0, 0.1) is 11.3 Å². The molecule has 3 aliphatic heterocycles. The van der Waals surface area contributed by atoms with Gasteiger partial charge in [-0.2, -0.15) is 0 Å². The average Bonchev–Trinajstić information content (AvgIpc) is 3.47. The van der Waals surface area contributed by atoms with Crippen LogP contribution in [0.15, 0.2) is 30.7 Å². The first-order valence-electron chi connectivity index (χ1n) is 13.8. The summed E-state index contributed by atoms with van der Waals surface area (Å²) in [6.45, 7) is 6.74. The van der Waals surface area contributed by atoms with E-state index >= 15 is 0 Å². The summed E-state index contributed by atoms with van der Waals surface area (Å²) < 4.78 is 6.50. The predicted octanol–water partition coefficient (Wildman–Crippen LogP) is 5.17. The number of aromatic nitrogens is 2. The topological polar surface area (TPSA) is 65.6 Å². The molecule has 3 saturated heterocycles. The van der Waals surface area contributed by atoms with Crippen LogP contribution in [0.3, 0.4) is 0 Å². The first kappa shape index (κ1) is 25.8. The Kier molecular flexibility index (Phi) is 7.38. The van der Waals surface area contributed by atoms with Crippen molar-refractivity contribution in [2.24, 2.45) is 11.3 Å². The van der Waals surface area contributed by atoms with Gasteiger partial charge in [-0.3, -0.25) is 10.4 Å². The Bertz CT molecular complexity index is 1070. The molecule has 1 spiro atoms. The molecule has 7 nitrogen and oxygen atoms in total. The van der Waals surface area contributed by atoms with E-state index in [1.54, 1.807) is 12.4 Å². The van der Waals surface area contributed by atoms with Crippen LogP contribution in [-0.4, -0.2) is 60.2 Å². The number of nitrogens with one attached hydrogen (secondary N) is 2. The van der Waals surface area contributed by atoms with Gasteiger partial charge in [0.05, 0.1) is 28.3 Å². The largest absolute Gasteiger partial charge is 0.370 e. The number of ether oxygens (including phenoxy) is 1. The molecule has 5 heterocycles. The zero-order chi connectivity index (χ0) is 25.6. The van der Waals surface area contributed by atoms with Gasteiger partial charge >= 0.3 is 0 Å². The van der Waals surface area contributed by atoms with E-state index in [4.69, 9.17) is 32.9 Å². The van der Waals surface area contributed by atoms with Gasteiger partial charge in [0.25, 0.3) is 0 Å². The van der Waals surface area contributed by atoms with Crippen molar-refractivity contribution in [2.75, 3.05) is 38.1 Å². The number of piperidine rings is 1. The molecular formula is C28H38Cl2N6O. The molecule has 4 aliphatic rings. The quantitative estimate of drug-likeness (QED) is 0.538. The molecule has 5 atom stereocenters. The molecule has 0 radical (unpaired) electrons. The van der Waals surface area contributed by atoms with E-state index in [1.807, 2.05) is 6.92 Å². The molecule has 2 aromatic heterocycles. The van der Waals surface area contributed by atoms with Crippen molar-refractivity contribution < 1.29 is 4.74 Å². The van der Waals surface area contributed by atoms with E-state index in [0.29, 0.717) is 27.4 Å². The highest BCUT2D eigenvalue weighted by molar-refractivity contribution is 6.35. The summed E-state index contributed by atoms with van der Waals surface area (Å²) in [6, 6.07) is 5.15. The van der Waals surface area contributed by atoms with Crippen molar-refractivity contribution in [3.63, 3.8) is 0 Å². The Morgan fingerprint density at radius 1 is 1.03 bits per heavy atom. The highest BCUT2D eigenvalue weighted by atomic mass is 35.5. The predicted molar refractivity (Wildman–Crippen MR) is 148 cm³/mol. The van der Waals surface area contributed by atoms with Crippen LogP contribution in [-0.2, 0) is 4.74 Å². The van der Waals surface area contributed by atoms with Crippen molar-refractivity contribution in [1.82, 2.24) is 25.7 Å². The smallest absolute Gasteiger partial charge is 0.128 e. The zero-order valence-corrected chi connectivity index (χ0v) is 23.3. The molecule has 2 aromatic rings. The molecule has 0 amide bonds. The summed E-state index contributed by atoms with van der Waals surface area (Å²) in [5.41, 5.74) is 9.70. The molecule has 200 valence electrons. The minimum atomic E-state index is -0.181. The van der Waals surface area contributed by atoms with E-state index < -0.39 is 0 Å². The number of nitrogens with zero attached hydrogens (tertiary/aromatic N) is 4. The minimum Gasteiger partial charge on any atom is -0.370 e. The van der Waals surface area contributed by atoms with Crippen molar-refractivity contribution in [3.8, 4) is 0 Å². The molecular weight excluding hydrogens is 507 g/mol. The van der Waals surface area contributed by atoms with Crippen LogP contribution in [0.1, 0.15) is 68.7 Å². The third kappa shape index (κ3) is 5.23. The lowest BCUT2D eigenvalue weighted by Crippen LogP contribution is -2.41. The van der Waals surface area contributed by atoms with Crippen LogP contribution in [0.2, 0.25) is 10.0 Å². The molecule has 2 N–H and O–H groups in total. The van der Waals surface area contributed by atoms with Gasteiger partial charge in [0.2, 0.25) is 0 Å². The minimum absolute atomic E-state index is 0.156. The summed E-state index contributed by atoms with van der Waals surface area (Å²) in [4.78, 5) is 14.0. The maximum Gasteiger partial charge on any atom is 0.128 e. The standard InChI is InChI=1S/C28H38Cl2N6O/c1-18(26-22(29)15-31-16-23(26)30)37-20-4-5-24-21(13-20)27(34-33-24)19-3-6-25(32-14-19)36-11-8-28(9-12-36)7-10-35(2)17-28/h3,6,14-16,18,20-21,24,27,33-34H,4-5,7-13,17H2,1-2H3/t18-,20?,21?,24?,27?/m1/s1. The van der Waals surface area contributed by atoms with Gasteiger partial charge in [0, 0.05) is 49.8 Å². The highest BCUT2D eigenvalue weighted by Gasteiger charge is 2.42. The van der Waals surface area contributed by atoms with Gasteiger partial charge in [-0.1, -0.05) is 29.3 Å². The van der Waals surface area contributed by atoms with Crippen molar-refractivity contribution >= 4 is 29.0 Å². The fourth-order valence-corrected chi connectivity index (χ4v) is 7.85. The fraction of sp³-hybridized carbons (Fsp3) is 0.643. The number of anilines is 1. The molecule has 4 unspecified atom stereocenters. The monoisotopic (exact) mass is 544 g/mol. The Labute approximate surface area is 230 Å². The second kappa shape index (κ2) is 10.6. The lowest BCUT2D eigenvalue weighted by molar-refractivity contribution is -0.0370. The van der Waals surface area contributed by atoms with Gasteiger partial charge in [-0.25, -0.2) is 10.4 Å². The van der Waals surface area contributed by atoms with Crippen LogP contribution in [0.25, 0.3) is 0 Å². The maximum absolute atomic E-state index is 6.50. The third-order valence-corrected chi connectivity index (χ3v) is 9.91. The maximum atomic E-state index is 6.50. The number of hydrazine groups is 1. The Morgan fingerprint density at radius 2 is 1.78 bits per heavy atom. The molecule has 1 saturated carbocycles. The number of likely N-dealkylation sites (tertiary alicyclic amines) is 1. The van der Waals surface area contributed by atoms with Gasteiger partial charge in [-0.05, 0) is 82.0 Å². The summed E-state index contributed by atoms with van der Waals surface area (Å²) in [6.07, 6.45) is 12.3. The third-order valence-electron chi connectivity index (χ3n) is 9.30. The number of rotatable bonds is 5. The molecule has 6 rings (SSSR count). The van der Waals surface area contributed by atoms with E-state index in [-0.39, 0.29) is 18.2 Å². The van der Waals surface area contributed by atoms with E-state index in [0.717, 1.165) is 43.7 Å². The normalized spacial score (nSPS) is 30.5. The Morgan fingerprint density at radius 3 is 2.46 bits per heavy atom. The number of hydrogen-bond acceptors (Lipinski definition) is 7. The zero-order valence-electron chi connectivity index (χ0n) is 21.8. The Hall–Kier alpha value is -1.48. The van der Waals surface area contributed by atoms with Gasteiger partial charge < -0.3 is 14.5 Å². The molecule has 0 aromatic carbocycles. The Balaban J connectivity index is 1.08. The fourth-order valence-electron chi connectivity index (χ4n) is 7.18.